The van der Waals surface area contributed by atoms with Gasteiger partial charge >= 0.3 is 0 Å². The van der Waals surface area contributed by atoms with E-state index >= 15 is 0 Å². The summed E-state index contributed by atoms with van der Waals surface area (Å²) in [5.74, 6) is 0.152. The topological polar surface area (TPSA) is 79.2 Å². The Balaban J connectivity index is 3.00. The zero-order valence-electron chi connectivity index (χ0n) is 6.77. The van der Waals surface area contributed by atoms with Crippen molar-refractivity contribution in [3.05, 3.63) is 35.4 Å². The average Bonchev–Trinajstić information content (AvgIpc) is 2.18. The zero-order valence-corrected chi connectivity index (χ0v) is 6.77. The van der Waals surface area contributed by atoms with Crippen molar-refractivity contribution in [2.24, 2.45) is 10.7 Å². The number of nitrogens with two attached hydrogens (primary N) is 1. The number of nitrogens with zero attached hydrogens (tertiary/aromatic N) is 2. The molecule has 0 aliphatic heterocycles. The maximum Gasteiger partial charge on any atom is 0.234 e. The van der Waals surface area contributed by atoms with Crippen LogP contribution >= 0.6 is 0 Å². The van der Waals surface area contributed by atoms with E-state index < -0.39 is 0 Å². The largest absolute Gasteiger partial charge is 0.383 e. The molecule has 0 aliphatic rings. The summed E-state index contributed by atoms with van der Waals surface area (Å²) in [5.41, 5.74) is 6.61. The van der Waals surface area contributed by atoms with Gasteiger partial charge in [0.1, 0.15) is 5.84 Å². The summed E-state index contributed by atoms with van der Waals surface area (Å²) in [4.78, 5) is 13.4. The van der Waals surface area contributed by atoms with E-state index in [9.17, 15) is 4.79 Å². The van der Waals surface area contributed by atoms with Crippen LogP contribution in [0, 0.1) is 11.3 Å². The first-order chi connectivity index (χ1) is 6.27. The van der Waals surface area contributed by atoms with Crippen molar-refractivity contribution >= 4 is 12.2 Å². The van der Waals surface area contributed by atoms with Crippen LogP contribution in [0.3, 0.4) is 0 Å². The molecule has 0 radical (unpaired) electrons. The summed E-state index contributed by atoms with van der Waals surface area (Å²) in [6.45, 7) is 0. The van der Waals surface area contributed by atoms with Crippen LogP contribution in [0.1, 0.15) is 11.1 Å². The fourth-order valence-corrected chi connectivity index (χ4v) is 0.847. The van der Waals surface area contributed by atoms with Crippen molar-refractivity contribution in [2.75, 3.05) is 0 Å². The van der Waals surface area contributed by atoms with Gasteiger partial charge in [-0.1, -0.05) is 0 Å². The van der Waals surface area contributed by atoms with Gasteiger partial charge in [-0.15, -0.1) is 0 Å². The molecule has 4 nitrogen and oxygen atoms in total. The number of nitriles is 1. The number of benzene rings is 1. The van der Waals surface area contributed by atoms with Gasteiger partial charge in [0.05, 0.1) is 11.6 Å². The SMILES string of the molecule is N#Cc1ccc(C(N)=NC=O)cc1. The molecule has 0 bridgehead atoms. The summed E-state index contributed by atoms with van der Waals surface area (Å²) in [6, 6.07) is 8.48. The van der Waals surface area contributed by atoms with Gasteiger partial charge in [0.2, 0.25) is 6.41 Å². The monoisotopic (exact) mass is 173 g/mol. The van der Waals surface area contributed by atoms with Crippen molar-refractivity contribution in [1.29, 1.82) is 5.26 Å². The van der Waals surface area contributed by atoms with Crippen LogP contribution in [0.4, 0.5) is 0 Å². The lowest BCUT2D eigenvalue weighted by Gasteiger charge is -1.97. The minimum atomic E-state index is 0.152. The second kappa shape index (κ2) is 4.02. The molecule has 0 unspecified atom stereocenters. The van der Waals surface area contributed by atoms with Crippen molar-refractivity contribution < 1.29 is 4.79 Å². The molecule has 1 aromatic carbocycles. The van der Waals surface area contributed by atoms with E-state index in [4.69, 9.17) is 11.0 Å². The Kier molecular flexibility index (Phi) is 2.77. The normalized spacial score (nSPS) is 10.5. The number of rotatable bonds is 2. The van der Waals surface area contributed by atoms with Crippen LogP contribution in [0.25, 0.3) is 0 Å². The van der Waals surface area contributed by atoms with E-state index in [1.807, 2.05) is 6.07 Å². The minimum Gasteiger partial charge on any atom is -0.383 e. The van der Waals surface area contributed by atoms with Crippen molar-refractivity contribution in [3.63, 3.8) is 0 Å². The molecule has 0 heterocycles. The van der Waals surface area contributed by atoms with E-state index in [2.05, 4.69) is 4.99 Å². The van der Waals surface area contributed by atoms with E-state index in [0.29, 0.717) is 17.5 Å². The molecular weight excluding hydrogens is 166 g/mol. The van der Waals surface area contributed by atoms with Crippen LogP contribution in [0.15, 0.2) is 29.3 Å². The van der Waals surface area contributed by atoms with Crippen molar-refractivity contribution in [2.45, 2.75) is 0 Å². The van der Waals surface area contributed by atoms with Gasteiger partial charge in [-0.05, 0) is 24.3 Å². The number of aliphatic imine (C=N–C) groups is 1. The molecule has 1 aromatic rings. The quantitative estimate of drug-likeness (QED) is 0.400. The number of carbonyl (C=O) groups excluding carboxylic acids is 1. The standard InChI is InChI=1S/C9H7N3O/c10-5-7-1-3-8(4-2-7)9(11)12-6-13/h1-4,6H,(H2,11,12,13). The first-order valence-electron chi connectivity index (χ1n) is 3.55. The number of amides is 1. The van der Waals surface area contributed by atoms with Gasteiger partial charge in [0.15, 0.2) is 0 Å². The molecule has 0 aromatic heterocycles. The third-order valence-electron chi connectivity index (χ3n) is 1.50. The summed E-state index contributed by atoms with van der Waals surface area (Å²) >= 11 is 0. The van der Waals surface area contributed by atoms with Gasteiger partial charge in [-0.2, -0.15) is 10.3 Å². The summed E-state index contributed by atoms with van der Waals surface area (Å²) in [7, 11) is 0. The second-order valence-corrected chi connectivity index (χ2v) is 2.31. The molecule has 0 atom stereocenters. The van der Waals surface area contributed by atoms with E-state index in [-0.39, 0.29) is 5.84 Å². The zero-order chi connectivity index (χ0) is 9.68. The van der Waals surface area contributed by atoms with Crippen LogP contribution in [0.5, 0.6) is 0 Å². The van der Waals surface area contributed by atoms with Gasteiger partial charge < -0.3 is 5.73 Å². The summed E-state index contributed by atoms with van der Waals surface area (Å²) < 4.78 is 0. The lowest BCUT2D eigenvalue weighted by atomic mass is 10.1. The average molecular weight is 173 g/mol. The van der Waals surface area contributed by atoms with E-state index in [0.717, 1.165) is 0 Å². The van der Waals surface area contributed by atoms with Gasteiger partial charge in [-0.3, -0.25) is 4.79 Å². The van der Waals surface area contributed by atoms with Crippen LogP contribution < -0.4 is 5.73 Å². The third-order valence-corrected chi connectivity index (χ3v) is 1.50. The fraction of sp³-hybridized carbons (Fsp3) is 0. The number of carbonyl (C=O) groups is 1. The number of hydrogen-bond donors (Lipinski definition) is 1. The summed E-state index contributed by atoms with van der Waals surface area (Å²) in [6.07, 6.45) is 0.382. The first-order valence-corrected chi connectivity index (χ1v) is 3.55. The maximum absolute atomic E-state index is 9.99. The molecule has 1 rings (SSSR count). The Morgan fingerprint density at radius 3 is 2.54 bits per heavy atom. The minimum absolute atomic E-state index is 0.152. The predicted octanol–water partition coefficient (Wildman–Crippen LogP) is 0.420. The van der Waals surface area contributed by atoms with Gasteiger partial charge in [-0.25, -0.2) is 0 Å². The molecule has 0 fully saturated rings. The van der Waals surface area contributed by atoms with Crippen LogP contribution in [0.2, 0.25) is 0 Å². The molecule has 0 spiro atoms. The third kappa shape index (κ3) is 2.14. The Bertz CT molecular complexity index is 373. The Hall–Kier alpha value is -2.15. The van der Waals surface area contributed by atoms with Gasteiger partial charge in [0.25, 0.3) is 0 Å². The van der Waals surface area contributed by atoms with Crippen LogP contribution in [-0.4, -0.2) is 12.2 Å². The summed E-state index contributed by atoms with van der Waals surface area (Å²) in [5, 5.41) is 8.50. The highest BCUT2D eigenvalue weighted by Gasteiger charge is 1.96. The molecule has 0 saturated heterocycles. The highest BCUT2D eigenvalue weighted by molar-refractivity contribution is 6.00. The Morgan fingerprint density at radius 2 is 2.08 bits per heavy atom. The molecule has 0 aliphatic carbocycles. The number of hydrogen-bond acceptors (Lipinski definition) is 2. The first kappa shape index (κ1) is 8.94. The Morgan fingerprint density at radius 1 is 1.46 bits per heavy atom. The second-order valence-electron chi connectivity index (χ2n) is 2.31. The van der Waals surface area contributed by atoms with Crippen molar-refractivity contribution in [3.8, 4) is 6.07 Å². The predicted molar refractivity (Wildman–Crippen MR) is 47.9 cm³/mol. The molecule has 64 valence electrons. The lowest BCUT2D eigenvalue weighted by molar-refractivity contribution is -0.106. The molecule has 0 saturated carbocycles. The maximum atomic E-state index is 9.99. The van der Waals surface area contributed by atoms with Crippen LogP contribution in [-0.2, 0) is 4.79 Å². The van der Waals surface area contributed by atoms with E-state index in [1.165, 1.54) is 0 Å². The number of amidine groups is 1. The smallest absolute Gasteiger partial charge is 0.234 e. The molecular formula is C9H7N3O. The Labute approximate surface area is 75.3 Å². The highest BCUT2D eigenvalue weighted by atomic mass is 16.1. The van der Waals surface area contributed by atoms with E-state index in [1.54, 1.807) is 24.3 Å². The van der Waals surface area contributed by atoms with Crippen molar-refractivity contribution in [1.82, 2.24) is 0 Å². The highest BCUT2D eigenvalue weighted by Crippen LogP contribution is 2.02. The molecule has 13 heavy (non-hydrogen) atoms. The molecule has 4 heteroatoms. The van der Waals surface area contributed by atoms with Gasteiger partial charge in [0, 0.05) is 5.56 Å². The fourth-order valence-electron chi connectivity index (χ4n) is 0.847. The lowest BCUT2D eigenvalue weighted by Crippen LogP contribution is -2.13. The molecule has 1 amide bonds. The molecule has 2 N–H and O–H groups in total.